The van der Waals surface area contributed by atoms with Crippen LogP contribution in [0.1, 0.15) is 78.1 Å². The topological polar surface area (TPSA) is 99.1 Å². The zero-order valence-corrected chi connectivity index (χ0v) is 21.3. The Hall–Kier alpha value is -1.60. The first-order chi connectivity index (χ1) is 16.6. The van der Waals surface area contributed by atoms with Crippen molar-refractivity contribution in [3.05, 3.63) is 11.6 Å². The summed E-state index contributed by atoms with van der Waals surface area (Å²) >= 11 is 0. The molecule has 2 amide bonds. The fraction of sp³-hybridized carbons (Fsp3) is 0.857. The minimum atomic E-state index is -0.678. The van der Waals surface area contributed by atoms with E-state index in [1.807, 2.05) is 0 Å². The summed E-state index contributed by atoms with van der Waals surface area (Å²) in [6.07, 6.45) is 11.1. The highest BCUT2D eigenvalue weighted by Crippen LogP contribution is 2.69. The van der Waals surface area contributed by atoms with E-state index in [-0.39, 0.29) is 40.9 Å². The van der Waals surface area contributed by atoms with Crippen molar-refractivity contribution in [2.45, 2.75) is 95.8 Å². The van der Waals surface area contributed by atoms with Gasteiger partial charge in [-0.15, -0.1) is 0 Å². The maximum absolute atomic E-state index is 12.7. The molecule has 0 unspecified atom stereocenters. The summed E-state index contributed by atoms with van der Waals surface area (Å²) < 4.78 is 5.25. The zero-order chi connectivity index (χ0) is 24.6. The van der Waals surface area contributed by atoms with Gasteiger partial charge < -0.3 is 25.2 Å². The van der Waals surface area contributed by atoms with Crippen LogP contribution in [0.4, 0.5) is 4.79 Å². The van der Waals surface area contributed by atoms with Crippen LogP contribution in [-0.2, 0) is 9.53 Å². The largest absolute Gasteiger partial charge is 0.458 e. The van der Waals surface area contributed by atoms with Gasteiger partial charge >= 0.3 is 12.0 Å². The summed E-state index contributed by atoms with van der Waals surface area (Å²) in [6, 6.07) is 0.182. The van der Waals surface area contributed by atoms with E-state index in [0.717, 1.165) is 63.4 Å². The molecule has 0 aromatic heterocycles. The van der Waals surface area contributed by atoms with Crippen LogP contribution < -0.4 is 5.32 Å². The van der Waals surface area contributed by atoms with Crippen molar-refractivity contribution >= 4 is 12.0 Å². The van der Waals surface area contributed by atoms with E-state index in [1.54, 1.807) is 11.0 Å². The van der Waals surface area contributed by atoms with Crippen LogP contribution in [0.2, 0.25) is 0 Å². The van der Waals surface area contributed by atoms with Gasteiger partial charge in [-0.3, -0.25) is 0 Å². The van der Waals surface area contributed by atoms with E-state index in [2.05, 4.69) is 19.2 Å². The molecular formula is C28H42N2O5. The average molecular weight is 487 g/mol. The van der Waals surface area contributed by atoms with Crippen LogP contribution in [0.15, 0.2) is 11.6 Å². The number of aliphatic hydroxyl groups excluding tert-OH is 1. The maximum Gasteiger partial charge on any atom is 0.331 e. The van der Waals surface area contributed by atoms with Crippen molar-refractivity contribution in [2.24, 2.45) is 34.5 Å². The molecule has 7 nitrogen and oxygen atoms in total. The van der Waals surface area contributed by atoms with Gasteiger partial charge in [0.05, 0.1) is 11.7 Å². The lowest BCUT2D eigenvalue weighted by molar-refractivity contribution is -0.204. The third-order valence-corrected chi connectivity index (χ3v) is 11.8. The zero-order valence-electron chi connectivity index (χ0n) is 21.3. The SMILES string of the molecule is C[C@@]12CC[C@@H](NC(=O)N3CC[C@@H](O)C3)C[C@H]1CC[C@@H]1[C@H]2CC[C@]2(C)[C@@H](C3=CC(=O)OC3)CC[C@@]12O. The fourth-order valence-corrected chi connectivity index (χ4v) is 9.73. The monoisotopic (exact) mass is 486 g/mol. The molecule has 0 aromatic rings. The standard InChI is InChI=1S/C28H42N2O5/c1-26-9-5-19(29-25(33)30-12-8-20(31)15-30)14-18(26)3-4-23-22(26)6-10-27(2)21(7-11-28(23,27)34)17-13-24(32)35-16-17/h13,18-23,31,34H,3-12,14-16H2,1-2H3,(H,29,33)/t18-,19-,20-,21-,22-,23-,26-,27-,28-/m1/s1. The number of β-amino-alcohol motifs (C(OH)–C–C–N with tert-alkyl or cyclic N) is 1. The van der Waals surface area contributed by atoms with Gasteiger partial charge in [0.15, 0.2) is 0 Å². The van der Waals surface area contributed by atoms with Gasteiger partial charge in [0.2, 0.25) is 0 Å². The quantitative estimate of drug-likeness (QED) is 0.520. The number of urea groups is 1. The first kappa shape index (κ1) is 23.8. The number of esters is 1. The number of carbonyl (C=O) groups excluding carboxylic acids is 2. The molecule has 0 spiro atoms. The van der Waals surface area contributed by atoms with E-state index in [0.29, 0.717) is 43.9 Å². The van der Waals surface area contributed by atoms with Crippen molar-refractivity contribution in [1.82, 2.24) is 10.2 Å². The van der Waals surface area contributed by atoms with Crippen molar-refractivity contribution in [1.29, 1.82) is 0 Å². The maximum atomic E-state index is 12.7. The van der Waals surface area contributed by atoms with Crippen LogP contribution in [0, 0.1) is 34.5 Å². The summed E-state index contributed by atoms with van der Waals surface area (Å²) in [5.74, 6) is 1.40. The van der Waals surface area contributed by atoms with Crippen molar-refractivity contribution in [2.75, 3.05) is 19.7 Å². The molecule has 7 heteroatoms. The van der Waals surface area contributed by atoms with Gasteiger partial charge in [-0.25, -0.2) is 9.59 Å². The highest BCUT2D eigenvalue weighted by molar-refractivity contribution is 5.85. The summed E-state index contributed by atoms with van der Waals surface area (Å²) in [4.78, 5) is 26.2. The second kappa shape index (κ2) is 8.20. The predicted molar refractivity (Wildman–Crippen MR) is 130 cm³/mol. The molecule has 1 saturated heterocycles. The Labute approximate surface area is 208 Å². The Morgan fingerprint density at radius 3 is 2.63 bits per heavy atom. The number of nitrogens with one attached hydrogen (secondary N) is 1. The number of carbonyl (C=O) groups is 2. The number of hydrogen-bond acceptors (Lipinski definition) is 5. The number of cyclic esters (lactones) is 1. The van der Waals surface area contributed by atoms with Crippen molar-refractivity contribution < 1.29 is 24.5 Å². The molecule has 0 aromatic carbocycles. The molecule has 9 atom stereocenters. The van der Waals surface area contributed by atoms with Gasteiger partial charge in [0.25, 0.3) is 0 Å². The molecule has 35 heavy (non-hydrogen) atoms. The second-order valence-electron chi connectivity index (χ2n) is 13.1. The Morgan fingerprint density at radius 1 is 1.09 bits per heavy atom. The molecule has 5 fully saturated rings. The smallest absolute Gasteiger partial charge is 0.331 e. The summed E-state index contributed by atoms with van der Waals surface area (Å²) in [5.41, 5.74) is 0.425. The number of fused-ring (bicyclic) bond motifs is 5. The van der Waals surface area contributed by atoms with Crippen molar-refractivity contribution in [3.63, 3.8) is 0 Å². The molecule has 4 saturated carbocycles. The summed E-state index contributed by atoms with van der Waals surface area (Å²) in [5, 5.41) is 25.4. The van der Waals surface area contributed by atoms with E-state index < -0.39 is 5.60 Å². The third-order valence-electron chi connectivity index (χ3n) is 11.8. The highest BCUT2D eigenvalue weighted by atomic mass is 16.5. The Balaban J connectivity index is 1.16. The van der Waals surface area contributed by atoms with E-state index in [9.17, 15) is 19.8 Å². The number of amides is 2. The number of nitrogens with zero attached hydrogens (tertiary/aromatic N) is 1. The minimum absolute atomic E-state index is 0.0211. The molecule has 6 aliphatic rings. The van der Waals surface area contributed by atoms with Crippen LogP contribution in [0.25, 0.3) is 0 Å². The highest BCUT2D eigenvalue weighted by Gasteiger charge is 2.67. The molecule has 2 heterocycles. The first-order valence-electron chi connectivity index (χ1n) is 14.0. The molecule has 0 bridgehead atoms. The third kappa shape index (κ3) is 3.51. The lowest BCUT2D eigenvalue weighted by atomic mass is 9.43. The van der Waals surface area contributed by atoms with E-state index >= 15 is 0 Å². The Morgan fingerprint density at radius 2 is 1.91 bits per heavy atom. The Bertz CT molecular complexity index is 936. The molecule has 6 rings (SSSR count). The van der Waals surface area contributed by atoms with Crippen molar-refractivity contribution in [3.8, 4) is 0 Å². The number of likely N-dealkylation sites (tertiary alicyclic amines) is 1. The first-order valence-corrected chi connectivity index (χ1v) is 14.0. The summed E-state index contributed by atoms with van der Waals surface area (Å²) in [7, 11) is 0. The fourth-order valence-electron chi connectivity index (χ4n) is 9.73. The molecule has 194 valence electrons. The average Bonchev–Trinajstić information content (AvgIpc) is 3.51. The van der Waals surface area contributed by atoms with Crippen LogP contribution in [-0.4, -0.2) is 64.6 Å². The number of aliphatic hydroxyl groups is 2. The number of ether oxygens (including phenoxy) is 1. The normalized spacial score (nSPS) is 49.1. The lowest BCUT2D eigenvalue weighted by Gasteiger charge is -2.64. The molecule has 3 N–H and O–H groups in total. The lowest BCUT2D eigenvalue weighted by Crippen LogP contribution is -2.63. The molecular weight excluding hydrogens is 444 g/mol. The number of rotatable bonds is 2. The molecule has 2 aliphatic heterocycles. The van der Waals surface area contributed by atoms with Gasteiger partial charge in [0, 0.05) is 30.6 Å². The van der Waals surface area contributed by atoms with Crippen LogP contribution >= 0.6 is 0 Å². The summed E-state index contributed by atoms with van der Waals surface area (Å²) in [6.45, 7) is 6.22. The second-order valence-corrected chi connectivity index (χ2v) is 13.1. The van der Waals surface area contributed by atoms with E-state index in [1.165, 1.54) is 0 Å². The van der Waals surface area contributed by atoms with Crippen LogP contribution in [0.5, 0.6) is 0 Å². The van der Waals surface area contributed by atoms with Crippen LogP contribution in [0.3, 0.4) is 0 Å². The van der Waals surface area contributed by atoms with Gasteiger partial charge in [-0.1, -0.05) is 13.8 Å². The molecule has 4 aliphatic carbocycles. The predicted octanol–water partition coefficient (Wildman–Crippen LogP) is 3.39. The van der Waals surface area contributed by atoms with Gasteiger partial charge in [-0.05, 0) is 98.9 Å². The van der Waals surface area contributed by atoms with Gasteiger partial charge in [-0.2, -0.15) is 0 Å². The van der Waals surface area contributed by atoms with Gasteiger partial charge in [0.1, 0.15) is 6.61 Å². The molecule has 0 radical (unpaired) electrons. The number of hydrogen-bond donors (Lipinski definition) is 3. The minimum Gasteiger partial charge on any atom is -0.458 e. The Kier molecular flexibility index (Phi) is 5.57. The van der Waals surface area contributed by atoms with E-state index in [4.69, 9.17) is 4.74 Å².